The first-order chi connectivity index (χ1) is 16.3. The van der Waals surface area contributed by atoms with E-state index in [1.54, 1.807) is 27.8 Å². The Morgan fingerprint density at radius 3 is 2.09 bits per heavy atom. The van der Waals surface area contributed by atoms with E-state index in [1.807, 2.05) is 6.92 Å². The summed E-state index contributed by atoms with van der Waals surface area (Å²) in [5, 5.41) is 27.4. The van der Waals surface area contributed by atoms with Crippen molar-refractivity contribution >= 4 is 36.5 Å². The van der Waals surface area contributed by atoms with Crippen LogP contribution >= 0.6 is 12.6 Å². The summed E-state index contributed by atoms with van der Waals surface area (Å²) in [7, 11) is 2.66. The van der Waals surface area contributed by atoms with Crippen LogP contribution in [0.4, 0.5) is 4.79 Å². The molecule has 0 aromatic heterocycles. The molecule has 12 nitrogen and oxygen atoms in total. The molecule has 0 fully saturated rings. The molecule has 3 atom stereocenters. The molecule has 0 spiro atoms. The topological polar surface area (TPSA) is 167 Å². The Hall–Kier alpha value is -2.51. The molecule has 0 radical (unpaired) electrons. The fourth-order valence-electron chi connectivity index (χ4n) is 2.89. The Morgan fingerprint density at radius 1 is 1.03 bits per heavy atom. The number of aliphatic hydroxyl groups excluding tert-OH is 2. The molecule has 35 heavy (non-hydrogen) atoms. The van der Waals surface area contributed by atoms with Gasteiger partial charge in [0, 0.05) is 7.05 Å². The third-order valence-electron chi connectivity index (χ3n) is 4.76. The van der Waals surface area contributed by atoms with Crippen molar-refractivity contribution in [3.63, 3.8) is 0 Å². The summed E-state index contributed by atoms with van der Waals surface area (Å²) in [6, 6.07) is -2.79. The van der Waals surface area contributed by atoms with Gasteiger partial charge in [-0.1, -0.05) is 19.8 Å². The van der Waals surface area contributed by atoms with Gasteiger partial charge >= 0.3 is 12.1 Å². The summed E-state index contributed by atoms with van der Waals surface area (Å²) in [6.07, 6.45) is 1.84. The zero-order valence-electron chi connectivity index (χ0n) is 21.3. The number of hydrogen-bond acceptors (Lipinski definition) is 10. The number of nitrogens with one attached hydrogen (secondary N) is 3. The first-order valence-corrected chi connectivity index (χ1v) is 11.8. The lowest BCUT2D eigenvalue weighted by atomic mass is 10.1. The standard InChI is InChI=1S/C22H40N4O8S/c1-7-8-9-10-17(25-21(32)34-22(2,3)4)26(5)16(13-35)19(30)23-14(11-27)18(29)24-15(12-28)20(31)33-6/h13-15,17,27-28,35H,7-12H2,1-6H3,(H,23,30)(H,24,29)(H,25,32)/b16-13-/t14-,15-,17?/m0/s1. The number of amides is 3. The van der Waals surface area contributed by atoms with Crippen molar-refractivity contribution in [3.05, 3.63) is 11.1 Å². The van der Waals surface area contributed by atoms with Gasteiger partial charge in [-0.2, -0.15) is 0 Å². The Morgan fingerprint density at radius 2 is 1.63 bits per heavy atom. The Balaban J connectivity index is 5.51. The minimum atomic E-state index is -1.43. The molecule has 0 aliphatic carbocycles. The molecule has 0 rings (SSSR count). The van der Waals surface area contributed by atoms with Crippen molar-refractivity contribution in [3.8, 4) is 0 Å². The van der Waals surface area contributed by atoms with Gasteiger partial charge in [-0.05, 0) is 39.0 Å². The number of esters is 1. The molecule has 0 aromatic carbocycles. The maximum Gasteiger partial charge on any atom is 0.409 e. The highest BCUT2D eigenvalue weighted by atomic mass is 32.1. The van der Waals surface area contributed by atoms with E-state index in [1.165, 1.54) is 10.3 Å². The third-order valence-corrected chi connectivity index (χ3v) is 5.00. The van der Waals surface area contributed by atoms with Gasteiger partial charge in [-0.25, -0.2) is 9.59 Å². The van der Waals surface area contributed by atoms with Gasteiger partial charge in [0.05, 0.1) is 20.3 Å². The minimum absolute atomic E-state index is 0.00353. The van der Waals surface area contributed by atoms with Gasteiger partial charge in [-0.15, -0.1) is 12.6 Å². The number of alkyl carbamates (subject to hydrolysis) is 1. The molecular weight excluding hydrogens is 480 g/mol. The van der Waals surface area contributed by atoms with Crippen LogP contribution in [0.5, 0.6) is 0 Å². The maximum atomic E-state index is 12.9. The summed E-state index contributed by atoms with van der Waals surface area (Å²) in [5.74, 6) is -2.55. The predicted molar refractivity (Wildman–Crippen MR) is 132 cm³/mol. The zero-order valence-corrected chi connectivity index (χ0v) is 22.2. The first kappa shape index (κ1) is 32.5. The molecule has 202 valence electrons. The lowest BCUT2D eigenvalue weighted by Gasteiger charge is -2.33. The van der Waals surface area contributed by atoms with E-state index in [9.17, 15) is 29.4 Å². The van der Waals surface area contributed by atoms with Crippen LogP contribution in [0, 0.1) is 0 Å². The number of rotatable bonds is 14. The lowest BCUT2D eigenvalue weighted by Crippen LogP contribution is -2.56. The zero-order chi connectivity index (χ0) is 27.2. The van der Waals surface area contributed by atoms with Crippen LogP contribution in [0.1, 0.15) is 53.4 Å². The van der Waals surface area contributed by atoms with E-state index in [-0.39, 0.29) is 5.70 Å². The van der Waals surface area contributed by atoms with Gasteiger partial charge in [0.1, 0.15) is 23.5 Å². The molecule has 1 unspecified atom stereocenters. The molecule has 0 aliphatic heterocycles. The maximum absolute atomic E-state index is 12.9. The van der Waals surface area contributed by atoms with E-state index in [0.717, 1.165) is 26.4 Å². The highest BCUT2D eigenvalue weighted by molar-refractivity contribution is 7.83. The quantitative estimate of drug-likeness (QED) is 0.0618. The largest absolute Gasteiger partial charge is 0.467 e. The number of ether oxygens (including phenoxy) is 2. The second kappa shape index (κ2) is 16.2. The number of unbranched alkanes of at least 4 members (excludes halogenated alkanes) is 2. The number of methoxy groups -OCH3 is 1. The van der Waals surface area contributed by atoms with Gasteiger partial charge in [0.2, 0.25) is 5.91 Å². The smallest absolute Gasteiger partial charge is 0.409 e. The number of carbonyl (C=O) groups excluding carboxylic acids is 4. The number of aliphatic hydroxyl groups is 2. The molecule has 0 heterocycles. The van der Waals surface area contributed by atoms with Gasteiger partial charge in [-0.3, -0.25) is 9.59 Å². The molecule has 0 saturated heterocycles. The average molecular weight is 521 g/mol. The van der Waals surface area contributed by atoms with E-state index in [0.29, 0.717) is 6.42 Å². The summed E-state index contributed by atoms with van der Waals surface area (Å²) in [6.45, 7) is 5.72. The number of carbonyl (C=O) groups is 4. The van der Waals surface area contributed by atoms with Crippen molar-refractivity contribution in [2.75, 3.05) is 27.4 Å². The van der Waals surface area contributed by atoms with Gasteiger partial charge in [0.25, 0.3) is 5.91 Å². The molecule has 0 aliphatic rings. The fourth-order valence-corrected chi connectivity index (χ4v) is 3.19. The molecule has 0 aromatic rings. The van der Waals surface area contributed by atoms with Crippen LogP contribution < -0.4 is 16.0 Å². The van der Waals surface area contributed by atoms with Crippen LogP contribution in [0.3, 0.4) is 0 Å². The van der Waals surface area contributed by atoms with Crippen LogP contribution in [0.25, 0.3) is 0 Å². The van der Waals surface area contributed by atoms with Crippen molar-refractivity contribution in [2.24, 2.45) is 0 Å². The summed E-state index contributed by atoms with van der Waals surface area (Å²) >= 11 is 4.11. The Bertz CT molecular complexity index is 741. The highest BCUT2D eigenvalue weighted by Crippen LogP contribution is 2.15. The highest BCUT2D eigenvalue weighted by Gasteiger charge is 2.30. The Labute approximate surface area is 212 Å². The van der Waals surface area contributed by atoms with Crippen LogP contribution in [0.2, 0.25) is 0 Å². The van der Waals surface area contributed by atoms with Gasteiger partial charge in [0.15, 0.2) is 6.04 Å². The minimum Gasteiger partial charge on any atom is -0.467 e. The SMILES string of the molecule is CCCCCC(NC(=O)OC(C)(C)C)N(C)/C(=C\S)C(=O)N[C@@H](CO)C(=O)N[C@@H](CO)C(=O)OC. The average Bonchev–Trinajstić information content (AvgIpc) is 2.78. The first-order valence-electron chi connectivity index (χ1n) is 11.3. The van der Waals surface area contributed by atoms with Crippen molar-refractivity contribution < 1.29 is 38.9 Å². The van der Waals surface area contributed by atoms with Crippen LogP contribution in [-0.2, 0) is 23.9 Å². The second-order valence-electron chi connectivity index (χ2n) is 8.76. The third kappa shape index (κ3) is 12.1. The number of hydrogen-bond donors (Lipinski definition) is 6. The molecule has 3 amide bonds. The summed E-state index contributed by atoms with van der Waals surface area (Å²) < 4.78 is 9.81. The van der Waals surface area contributed by atoms with Crippen molar-refractivity contribution in [2.45, 2.75) is 77.2 Å². The van der Waals surface area contributed by atoms with Crippen molar-refractivity contribution in [1.82, 2.24) is 20.9 Å². The van der Waals surface area contributed by atoms with Crippen LogP contribution in [0.15, 0.2) is 11.1 Å². The summed E-state index contributed by atoms with van der Waals surface area (Å²) in [4.78, 5) is 50.8. The van der Waals surface area contributed by atoms with E-state index in [2.05, 4.69) is 33.3 Å². The lowest BCUT2D eigenvalue weighted by molar-refractivity contribution is -0.146. The number of nitrogens with zero attached hydrogens (tertiary/aromatic N) is 1. The predicted octanol–water partition coefficient (Wildman–Crippen LogP) is 0.248. The van der Waals surface area contributed by atoms with E-state index in [4.69, 9.17) is 4.74 Å². The second-order valence-corrected chi connectivity index (χ2v) is 9.02. The van der Waals surface area contributed by atoms with E-state index < -0.39 is 60.9 Å². The number of thiol groups is 1. The van der Waals surface area contributed by atoms with Crippen molar-refractivity contribution in [1.29, 1.82) is 0 Å². The molecule has 5 N–H and O–H groups in total. The Kier molecular flexibility index (Phi) is 15.1. The van der Waals surface area contributed by atoms with Crippen LogP contribution in [-0.4, -0.2) is 90.2 Å². The molecule has 0 bridgehead atoms. The fraction of sp³-hybridized carbons (Fsp3) is 0.727. The van der Waals surface area contributed by atoms with E-state index >= 15 is 0 Å². The molecule has 0 saturated carbocycles. The summed E-state index contributed by atoms with van der Waals surface area (Å²) in [5.41, 5.74) is -0.710. The molecule has 13 heteroatoms. The van der Waals surface area contributed by atoms with Gasteiger partial charge < -0.3 is 40.5 Å². The monoisotopic (exact) mass is 520 g/mol. The number of likely N-dealkylation sites (N-methyl/N-ethyl adjacent to an activating group) is 1. The normalized spacial score (nSPS) is 14.3. The molecular formula is C22H40N4O8S.